The van der Waals surface area contributed by atoms with Crippen LogP contribution in [0.2, 0.25) is 0 Å². The van der Waals surface area contributed by atoms with E-state index in [1.165, 1.54) is 15.0 Å². The van der Waals surface area contributed by atoms with Gasteiger partial charge in [0.2, 0.25) is 16.0 Å². The number of hydrogen-bond acceptors (Lipinski definition) is 6. The molecule has 12 heteroatoms. The number of nitrogens with two attached hydrogens (primary N) is 1. The summed E-state index contributed by atoms with van der Waals surface area (Å²) in [4.78, 5) is 7.64. The van der Waals surface area contributed by atoms with Crippen LogP contribution in [-0.4, -0.2) is 57.8 Å². The van der Waals surface area contributed by atoms with E-state index in [9.17, 15) is 21.6 Å². The highest BCUT2D eigenvalue weighted by molar-refractivity contribution is 7.88. The molecule has 3 heterocycles. The Morgan fingerprint density at radius 1 is 1.36 bits per heavy atom. The predicted molar refractivity (Wildman–Crippen MR) is 99.2 cm³/mol. The first-order valence-electron chi connectivity index (χ1n) is 8.86. The van der Waals surface area contributed by atoms with Crippen molar-refractivity contribution in [3.05, 3.63) is 17.7 Å². The van der Waals surface area contributed by atoms with Crippen LogP contribution in [-0.2, 0) is 16.4 Å². The van der Waals surface area contributed by atoms with Crippen molar-refractivity contribution in [3.63, 3.8) is 0 Å². The van der Waals surface area contributed by atoms with E-state index in [-0.39, 0.29) is 23.7 Å². The normalized spacial score (nSPS) is 18.5. The van der Waals surface area contributed by atoms with Gasteiger partial charge in [-0.1, -0.05) is 13.8 Å². The summed E-state index contributed by atoms with van der Waals surface area (Å²) in [6, 6.07) is 0. The Kier molecular flexibility index (Phi) is 7.21. The Balaban J connectivity index is 0.000000221. The maximum atomic E-state index is 12.8. The Labute approximate surface area is 162 Å². The van der Waals surface area contributed by atoms with Gasteiger partial charge in [0.05, 0.1) is 12.5 Å². The fourth-order valence-electron chi connectivity index (χ4n) is 2.83. The summed E-state index contributed by atoms with van der Waals surface area (Å²) in [5, 5.41) is 3.92. The minimum absolute atomic E-state index is 0.0405. The Bertz CT molecular complexity index is 903. The van der Waals surface area contributed by atoms with Gasteiger partial charge < -0.3 is 5.73 Å². The standard InChI is InChI=1S/C10H13F2N5.C6H12FNO2S/c1-5(2)3-7-15-8(9(11)12)6-4-14-10(13)16-17(6)7;1-11(9,10)8-4-2-3-6(7)5-8/h4-5,9H,3H2,1-2H3,(H2,13,16);6H,2-5H2,1H3. The molecule has 2 aromatic rings. The number of hydrogen-bond donors (Lipinski definition) is 1. The van der Waals surface area contributed by atoms with Crippen LogP contribution in [0.4, 0.5) is 19.1 Å². The topological polar surface area (TPSA) is 106 Å². The van der Waals surface area contributed by atoms with E-state index >= 15 is 0 Å². The molecular formula is C16H25F3N6O2S. The third-order valence-electron chi connectivity index (χ3n) is 4.10. The highest BCUT2D eigenvalue weighted by Gasteiger charge is 2.25. The van der Waals surface area contributed by atoms with Gasteiger partial charge in [-0.05, 0) is 18.8 Å². The van der Waals surface area contributed by atoms with E-state index < -0.39 is 22.6 Å². The molecule has 1 atom stereocenters. The lowest BCUT2D eigenvalue weighted by Crippen LogP contribution is -2.39. The van der Waals surface area contributed by atoms with Gasteiger partial charge in [-0.3, -0.25) is 0 Å². The number of aromatic nitrogens is 4. The number of halogens is 3. The summed E-state index contributed by atoms with van der Waals surface area (Å²) in [7, 11) is -3.17. The first kappa shape index (κ1) is 22.3. The highest BCUT2D eigenvalue weighted by atomic mass is 32.2. The summed E-state index contributed by atoms with van der Waals surface area (Å²) in [6.07, 6.45) is 0.465. The Morgan fingerprint density at radius 2 is 2.04 bits per heavy atom. The van der Waals surface area contributed by atoms with Crippen molar-refractivity contribution in [2.45, 2.75) is 45.7 Å². The van der Waals surface area contributed by atoms with E-state index in [1.54, 1.807) is 0 Å². The predicted octanol–water partition coefficient (Wildman–Crippen LogP) is 2.22. The van der Waals surface area contributed by atoms with Gasteiger partial charge in [-0.15, -0.1) is 5.10 Å². The van der Waals surface area contributed by atoms with Gasteiger partial charge in [0.1, 0.15) is 23.2 Å². The average molecular weight is 422 g/mol. The minimum atomic E-state index is -3.17. The fraction of sp³-hybridized carbons (Fsp3) is 0.688. The molecule has 0 aliphatic carbocycles. The molecular weight excluding hydrogens is 397 g/mol. The largest absolute Gasteiger partial charge is 0.367 e. The van der Waals surface area contributed by atoms with Gasteiger partial charge >= 0.3 is 0 Å². The Morgan fingerprint density at radius 3 is 2.54 bits per heavy atom. The first-order valence-corrected chi connectivity index (χ1v) is 10.7. The second-order valence-electron chi connectivity index (χ2n) is 7.09. The van der Waals surface area contributed by atoms with E-state index in [0.717, 1.165) is 6.26 Å². The molecule has 158 valence electrons. The quantitative estimate of drug-likeness (QED) is 0.810. The van der Waals surface area contributed by atoms with Crippen molar-refractivity contribution in [2.24, 2.45) is 5.92 Å². The van der Waals surface area contributed by atoms with Crippen LogP contribution >= 0.6 is 0 Å². The van der Waals surface area contributed by atoms with Crippen LogP contribution in [0.1, 0.15) is 44.6 Å². The van der Waals surface area contributed by atoms with Crippen molar-refractivity contribution < 1.29 is 21.6 Å². The molecule has 0 aromatic carbocycles. The third-order valence-corrected chi connectivity index (χ3v) is 5.37. The lowest BCUT2D eigenvalue weighted by molar-refractivity contribution is 0.148. The number of nitrogen functional groups attached to an aromatic ring is 1. The number of piperidine rings is 1. The van der Waals surface area contributed by atoms with Gasteiger partial charge in [0, 0.05) is 19.5 Å². The SMILES string of the molecule is CC(C)Cc1nc(C(F)F)c2cnc(N)nn12.CS(=O)(=O)N1CCCC(F)C1. The van der Waals surface area contributed by atoms with Crippen LogP contribution < -0.4 is 5.73 Å². The molecule has 0 spiro atoms. The molecule has 0 amide bonds. The average Bonchev–Trinajstić information content (AvgIpc) is 2.92. The molecule has 0 saturated carbocycles. The van der Waals surface area contributed by atoms with E-state index in [0.29, 0.717) is 37.5 Å². The number of imidazole rings is 1. The number of sulfonamides is 1. The molecule has 1 aliphatic rings. The molecule has 2 N–H and O–H groups in total. The second-order valence-corrected chi connectivity index (χ2v) is 9.07. The van der Waals surface area contributed by atoms with E-state index in [2.05, 4.69) is 15.1 Å². The molecule has 0 bridgehead atoms. The smallest absolute Gasteiger partial charge is 0.282 e. The van der Waals surface area contributed by atoms with E-state index in [1.807, 2.05) is 13.8 Å². The molecule has 0 radical (unpaired) electrons. The second kappa shape index (κ2) is 9.03. The molecule has 1 aliphatic heterocycles. The number of alkyl halides is 3. The lowest BCUT2D eigenvalue weighted by atomic mass is 10.1. The van der Waals surface area contributed by atoms with Crippen molar-refractivity contribution >= 4 is 21.5 Å². The van der Waals surface area contributed by atoms with Gasteiger partial charge in [-0.2, -0.15) is 4.31 Å². The van der Waals surface area contributed by atoms with Crippen LogP contribution in [0.3, 0.4) is 0 Å². The van der Waals surface area contributed by atoms with Crippen molar-refractivity contribution in [1.29, 1.82) is 0 Å². The van der Waals surface area contributed by atoms with Crippen LogP contribution in [0.15, 0.2) is 6.20 Å². The summed E-state index contributed by atoms with van der Waals surface area (Å²) < 4.78 is 62.6. The van der Waals surface area contributed by atoms with Crippen LogP contribution in [0.25, 0.3) is 5.52 Å². The molecule has 3 rings (SSSR count). The van der Waals surface area contributed by atoms with Gasteiger partial charge in [-0.25, -0.2) is 36.1 Å². The molecule has 1 fully saturated rings. The van der Waals surface area contributed by atoms with Crippen molar-refractivity contribution in [1.82, 2.24) is 23.9 Å². The van der Waals surface area contributed by atoms with Gasteiger partial charge in [0.15, 0.2) is 0 Å². The molecule has 1 unspecified atom stereocenters. The van der Waals surface area contributed by atoms with Crippen molar-refractivity contribution in [2.75, 3.05) is 25.1 Å². The summed E-state index contributed by atoms with van der Waals surface area (Å²) >= 11 is 0. The van der Waals surface area contributed by atoms with Crippen LogP contribution in [0.5, 0.6) is 0 Å². The molecule has 2 aromatic heterocycles. The molecule has 8 nitrogen and oxygen atoms in total. The molecule has 28 heavy (non-hydrogen) atoms. The first-order chi connectivity index (χ1) is 13.0. The Hall–Kier alpha value is -1.95. The fourth-order valence-corrected chi connectivity index (χ4v) is 3.72. The summed E-state index contributed by atoms with van der Waals surface area (Å²) in [5.74, 6) is 0.822. The monoisotopic (exact) mass is 422 g/mol. The number of rotatable bonds is 4. The number of anilines is 1. The third kappa shape index (κ3) is 5.77. The maximum absolute atomic E-state index is 12.8. The molecule has 1 saturated heterocycles. The highest BCUT2D eigenvalue weighted by Crippen LogP contribution is 2.24. The number of nitrogens with zero attached hydrogens (tertiary/aromatic N) is 5. The lowest BCUT2D eigenvalue weighted by Gasteiger charge is -2.26. The van der Waals surface area contributed by atoms with Gasteiger partial charge in [0.25, 0.3) is 6.43 Å². The van der Waals surface area contributed by atoms with Crippen molar-refractivity contribution in [3.8, 4) is 0 Å². The summed E-state index contributed by atoms with van der Waals surface area (Å²) in [5.41, 5.74) is 5.37. The van der Waals surface area contributed by atoms with E-state index in [4.69, 9.17) is 5.73 Å². The number of fused-ring (bicyclic) bond motifs is 1. The minimum Gasteiger partial charge on any atom is -0.367 e. The van der Waals surface area contributed by atoms with Crippen LogP contribution in [0, 0.1) is 5.92 Å². The zero-order valence-corrected chi connectivity index (χ0v) is 16.8. The zero-order chi connectivity index (χ0) is 21.1. The zero-order valence-electron chi connectivity index (χ0n) is 16.0. The maximum Gasteiger partial charge on any atom is 0.282 e. The summed E-state index contributed by atoms with van der Waals surface area (Å²) in [6.45, 7) is 4.47.